The molecular formula is C17H20N4O3S. The number of hydrogen-bond acceptors (Lipinski definition) is 5. The molecule has 0 saturated carbocycles. The molecule has 0 aliphatic carbocycles. The predicted molar refractivity (Wildman–Crippen MR) is 92.8 cm³/mol. The van der Waals surface area contributed by atoms with Crippen molar-refractivity contribution in [3.8, 4) is 0 Å². The van der Waals surface area contributed by atoms with Crippen molar-refractivity contribution in [1.82, 2.24) is 20.0 Å². The molecule has 0 bridgehead atoms. The van der Waals surface area contributed by atoms with E-state index in [1.54, 1.807) is 29.3 Å². The van der Waals surface area contributed by atoms with Crippen molar-refractivity contribution in [2.45, 2.75) is 19.3 Å². The van der Waals surface area contributed by atoms with Crippen molar-refractivity contribution in [2.75, 3.05) is 13.1 Å². The van der Waals surface area contributed by atoms with E-state index in [1.165, 1.54) is 0 Å². The third-order valence-corrected chi connectivity index (χ3v) is 4.93. The van der Waals surface area contributed by atoms with Gasteiger partial charge in [-0.1, -0.05) is 0 Å². The molecule has 1 atom stereocenters. The van der Waals surface area contributed by atoms with Gasteiger partial charge in [0.1, 0.15) is 6.54 Å². The standard InChI is InChI=1S/C17H20N4O3S/c1-20-9-13(8-19-20)6-14-7-16(23)21(17(14)24)10-15(22)18-4-2-12-3-5-25-11-12/h3,5,8-9,11,14H,2,4,6-7,10H2,1H3,(H,18,22)/t14-/m1/s1. The van der Waals surface area contributed by atoms with Crippen LogP contribution in [0, 0.1) is 5.92 Å². The molecule has 0 radical (unpaired) electrons. The Kier molecular flexibility index (Phi) is 5.28. The third kappa shape index (κ3) is 4.33. The predicted octanol–water partition coefficient (Wildman–Crippen LogP) is 0.758. The van der Waals surface area contributed by atoms with Gasteiger partial charge in [-0.25, -0.2) is 0 Å². The van der Waals surface area contributed by atoms with Gasteiger partial charge in [0.15, 0.2) is 0 Å². The number of rotatable bonds is 7. The number of carbonyl (C=O) groups excluding carboxylic acids is 3. The van der Waals surface area contributed by atoms with Crippen LogP contribution in [0.5, 0.6) is 0 Å². The van der Waals surface area contributed by atoms with Gasteiger partial charge in [-0.05, 0) is 40.8 Å². The highest BCUT2D eigenvalue weighted by molar-refractivity contribution is 7.07. The van der Waals surface area contributed by atoms with Crippen LogP contribution in [-0.2, 0) is 34.3 Å². The van der Waals surface area contributed by atoms with Crippen LogP contribution in [0.15, 0.2) is 29.2 Å². The van der Waals surface area contributed by atoms with Crippen LogP contribution in [-0.4, -0.2) is 45.5 Å². The number of likely N-dealkylation sites (tertiary alicyclic amines) is 1. The number of hydrogen-bond donors (Lipinski definition) is 1. The summed E-state index contributed by atoms with van der Waals surface area (Å²) in [6, 6.07) is 2.01. The summed E-state index contributed by atoms with van der Waals surface area (Å²) >= 11 is 1.61. The fourth-order valence-corrected chi connectivity index (χ4v) is 3.62. The van der Waals surface area contributed by atoms with Gasteiger partial charge < -0.3 is 5.32 Å². The molecule has 1 aliphatic rings. The average molecular weight is 360 g/mol. The third-order valence-electron chi connectivity index (χ3n) is 4.20. The molecule has 25 heavy (non-hydrogen) atoms. The van der Waals surface area contributed by atoms with Gasteiger partial charge in [0.25, 0.3) is 0 Å². The van der Waals surface area contributed by atoms with Crippen molar-refractivity contribution in [3.05, 3.63) is 40.3 Å². The van der Waals surface area contributed by atoms with Crippen LogP contribution in [0.1, 0.15) is 17.5 Å². The highest BCUT2D eigenvalue weighted by Gasteiger charge is 2.39. The lowest BCUT2D eigenvalue weighted by molar-refractivity contribution is -0.143. The van der Waals surface area contributed by atoms with Crippen molar-refractivity contribution >= 4 is 29.1 Å². The summed E-state index contributed by atoms with van der Waals surface area (Å²) in [5, 5.41) is 10.8. The van der Waals surface area contributed by atoms with E-state index in [-0.39, 0.29) is 30.7 Å². The molecular weight excluding hydrogens is 340 g/mol. The zero-order valence-corrected chi connectivity index (χ0v) is 14.8. The molecule has 1 aliphatic heterocycles. The Morgan fingerprint density at radius 1 is 1.40 bits per heavy atom. The molecule has 3 rings (SSSR count). The van der Waals surface area contributed by atoms with E-state index < -0.39 is 5.92 Å². The van der Waals surface area contributed by atoms with Gasteiger partial charge in [-0.3, -0.25) is 24.0 Å². The van der Waals surface area contributed by atoms with E-state index in [4.69, 9.17) is 0 Å². The van der Waals surface area contributed by atoms with Crippen molar-refractivity contribution < 1.29 is 14.4 Å². The van der Waals surface area contributed by atoms with E-state index in [9.17, 15) is 14.4 Å². The summed E-state index contributed by atoms with van der Waals surface area (Å²) in [4.78, 5) is 37.6. The highest BCUT2D eigenvalue weighted by Crippen LogP contribution is 2.23. The van der Waals surface area contributed by atoms with Crippen LogP contribution < -0.4 is 5.32 Å². The van der Waals surface area contributed by atoms with Gasteiger partial charge in [0.2, 0.25) is 17.7 Å². The van der Waals surface area contributed by atoms with Crippen molar-refractivity contribution in [2.24, 2.45) is 13.0 Å². The molecule has 3 amide bonds. The molecule has 0 unspecified atom stereocenters. The number of thiophene rings is 1. The molecule has 1 N–H and O–H groups in total. The Morgan fingerprint density at radius 3 is 2.92 bits per heavy atom. The number of aryl methyl sites for hydroxylation is 1. The number of aromatic nitrogens is 2. The summed E-state index contributed by atoms with van der Waals surface area (Å²) in [6.07, 6.45) is 4.88. The van der Waals surface area contributed by atoms with Crippen LogP contribution in [0.4, 0.5) is 0 Å². The van der Waals surface area contributed by atoms with E-state index in [0.717, 1.165) is 22.4 Å². The molecule has 1 fully saturated rings. The summed E-state index contributed by atoms with van der Waals surface area (Å²) in [5.41, 5.74) is 2.07. The maximum atomic E-state index is 12.4. The summed E-state index contributed by atoms with van der Waals surface area (Å²) in [5.74, 6) is -1.28. The molecule has 0 aromatic carbocycles. The van der Waals surface area contributed by atoms with Crippen LogP contribution >= 0.6 is 11.3 Å². The molecule has 2 aromatic rings. The number of imide groups is 1. The number of nitrogens with zero attached hydrogens (tertiary/aromatic N) is 3. The lowest BCUT2D eigenvalue weighted by Gasteiger charge is -2.14. The summed E-state index contributed by atoms with van der Waals surface area (Å²) < 4.78 is 1.66. The molecule has 132 valence electrons. The number of carbonyl (C=O) groups is 3. The second kappa shape index (κ2) is 7.60. The van der Waals surface area contributed by atoms with Gasteiger partial charge in [0.05, 0.1) is 12.1 Å². The van der Waals surface area contributed by atoms with Crippen molar-refractivity contribution in [3.63, 3.8) is 0 Å². The fraction of sp³-hybridized carbons (Fsp3) is 0.412. The number of amides is 3. The van der Waals surface area contributed by atoms with Crippen LogP contribution in [0.3, 0.4) is 0 Å². The van der Waals surface area contributed by atoms with Crippen LogP contribution in [0.25, 0.3) is 0 Å². The Balaban J connectivity index is 1.49. The topological polar surface area (TPSA) is 84.3 Å². The van der Waals surface area contributed by atoms with Crippen molar-refractivity contribution in [1.29, 1.82) is 0 Å². The molecule has 1 saturated heterocycles. The lowest BCUT2D eigenvalue weighted by Crippen LogP contribution is -2.41. The van der Waals surface area contributed by atoms with E-state index in [1.807, 2.05) is 23.0 Å². The first-order valence-corrected chi connectivity index (χ1v) is 9.06. The zero-order chi connectivity index (χ0) is 17.8. The molecule has 3 heterocycles. The van der Waals surface area contributed by atoms with Gasteiger partial charge >= 0.3 is 0 Å². The van der Waals surface area contributed by atoms with Crippen LogP contribution in [0.2, 0.25) is 0 Å². The highest BCUT2D eigenvalue weighted by atomic mass is 32.1. The largest absolute Gasteiger partial charge is 0.354 e. The zero-order valence-electron chi connectivity index (χ0n) is 14.0. The fourth-order valence-electron chi connectivity index (χ4n) is 2.92. The normalized spacial score (nSPS) is 17.3. The molecule has 8 heteroatoms. The Bertz CT molecular complexity index is 769. The molecule has 0 spiro atoms. The summed E-state index contributed by atoms with van der Waals surface area (Å²) in [6.45, 7) is 0.287. The Morgan fingerprint density at radius 2 is 2.24 bits per heavy atom. The van der Waals surface area contributed by atoms with E-state index >= 15 is 0 Å². The Labute approximate surface area is 149 Å². The molecule has 7 nitrogen and oxygen atoms in total. The van der Waals surface area contributed by atoms with Gasteiger partial charge in [-0.15, -0.1) is 0 Å². The average Bonchev–Trinajstić information content (AvgIpc) is 3.27. The lowest BCUT2D eigenvalue weighted by atomic mass is 10.0. The maximum Gasteiger partial charge on any atom is 0.240 e. The smallest absolute Gasteiger partial charge is 0.240 e. The van der Waals surface area contributed by atoms with E-state index in [2.05, 4.69) is 10.4 Å². The van der Waals surface area contributed by atoms with E-state index in [0.29, 0.717) is 13.0 Å². The second-order valence-corrected chi connectivity index (χ2v) is 6.96. The monoisotopic (exact) mass is 360 g/mol. The first-order valence-electron chi connectivity index (χ1n) is 8.12. The maximum absolute atomic E-state index is 12.4. The minimum absolute atomic E-state index is 0.149. The first kappa shape index (κ1) is 17.3. The minimum atomic E-state index is -0.407. The number of nitrogens with one attached hydrogen (secondary N) is 1. The van der Waals surface area contributed by atoms with Gasteiger partial charge in [-0.2, -0.15) is 16.4 Å². The first-order chi connectivity index (χ1) is 12.0. The quantitative estimate of drug-likeness (QED) is 0.739. The molecule has 2 aromatic heterocycles. The van der Waals surface area contributed by atoms with Gasteiger partial charge in [0, 0.05) is 26.2 Å². The second-order valence-electron chi connectivity index (χ2n) is 6.18. The summed E-state index contributed by atoms with van der Waals surface area (Å²) in [7, 11) is 1.80. The SMILES string of the molecule is Cn1cc(C[C@@H]2CC(=O)N(CC(=O)NCCc3ccsc3)C2=O)cn1. The Hall–Kier alpha value is -2.48. The minimum Gasteiger partial charge on any atom is -0.354 e.